The van der Waals surface area contributed by atoms with Gasteiger partial charge in [-0.1, -0.05) is 29.3 Å². The molecule has 0 fully saturated rings. The number of halogens is 2. The Bertz CT molecular complexity index is 996. The molecule has 1 atom stereocenters. The van der Waals surface area contributed by atoms with Crippen molar-refractivity contribution >= 4 is 40.9 Å². The molecule has 0 spiro atoms. The molecule has 144 valence electrons. The van der Waals surface area contributed by atoms with E-state index < -0.39 is 5.91 Å². The van der Waals surface area contributed by atoms with Crippen molar-refractivity contribution < 1.29 is 14.3 Å². The van der Waals surface area contributed by atoms with Crippen molar-refractivity contribution in [3.63, 3.8) is 0 Å². The Morgan fingerprint density at radius 1 is 1.43 bits per heavy atom. The molecular formula is C21H18Cl2N2O3. The summed E-state index contributed by atoms with van der Waals surface area (Å²) in [4.78, 5) is 12.6. The van der Waals surface area contributed by atoms with Crippen molar-refractivity contribution in [1.82, 2.24) is 0 Å². The number of nitriles is 1. The van der Waals surface area contributed by atoms with Crippen molar-refractivity contribution in [2.45, 2.75) is 26.4 Å². The lowest BCUT2D eigenvalue weighted by Crippen LogP contribution is -2.14. The second-order valence-corrected chi connectivity index (χ2v) is 7.07. The quantitative estimate of drug-likeness (QED) is 0.532. The van der Waals surface area contributed by atoms with Gasteiger partial charge in [-0.3, -0.25) is 4.79 Å². The first-order valence-corrected chi connectivity index (χ1v) is 9.52. The van der Waals surface area contributed by atoms with Crippen LogP contribution in [0.4, 0.5) is 5.69 Å². The molecule has 2 aromatic carbocycles. The molecule has 0 radical (unpaired) electrons. The lowest BCUT2D eigenvalue weighted by atomic mass is 10.0. The first-order valence-electron chi connectivity index (χ1n) is 8.76. The third-order valence-electron chi connectivity index (χ3n) is 4.19. The maximum Gasteiger partial charge on any atom is 0.266 e. The van der Waals surface area contributed by atoms with Crippen LogP contribution in [-0.4, -0.2) is 18.6 Å². The van der Waals surface area contributed by atoms with Crippen LogP contribution in [0.15, 0.2) is 35.9 Å². The minimum absolute atomic E-state index is 0.0763. The van der Waals surface area contributed by atoms with E-state index in [1.165, 1.54) is 6.08 Å². The second-order valence-electron chi connectivity index (χ2n) is 6.29. The predicted molar refractivity (Wildman–Crippen MR) is 110 cm³/mol. The summed E-state index contributed by atoms with van der Waals surface area (Å²) in [5, 5.41) is 12.6. The number of benzene rings is 2. The van der Waals surface area contributed by atoms with Crippen molar-refractivity contribution in [2.24, 2.45) is 0 Å². The number of anilines is 1. The zero-order valence-corrected chi connectivity index (χ0v) is 16.9. The molecule has 1 amide bonds. The lowest BCUT2D eigenvalue weighted by molar-refractivity contribution is -0.112. The highest BCUT2D eigenvalue weighted by Gasteiger charge is 2.22. The van der Waals surface area contributed by atoms with E-state index >= 15 is 0 Å². The van der Waals surface area contributed by atoms with Gasteiger partial charge in [0, 0.05) is 17.5 Å². The average molecular weight is 417 g/mol. The van der Waals surface area contributed by atoms with Crippen LogP contribution >= 0.6 is 23.2 Å². The van der Waals surface area contributed by atoms with Gasteiger partial charge >= 0.3 is 0 Å². The maximum absolute atomic E-state index is 12.6. The zero-order chi connectivity index (χ0) is 20.3. The minimum Gasteiger partial charge on any atom is -0.493 e. The van der Waals surface area contributed by atoms with Crippen LogP contribution in [0, 0.1) is 11.3 Å². The summed E-state index contributed by atoms with van der Waals surface area (Å²) < 4.78 is 11.5. The first kappa shape index (κ1) is 20.1. The van der Waals surface area contributed by atoms with Crippen molar-refractivity contribution in [2.75, 3.05) is 11.9 Å². The van der Waals surface area contributed by atoms with Crippen LogP contribution in [0.3, 0.4) is 0 Å². The number of hydrogen-bond acceptors (Lipinski definition) is 4. The van der Waals surface area contributed by atoms with Gasteiger partial charge in [-0.2, -0.15) is 5.26 Å². The highest BCUT2D eigenvalue weighted by Crippen LogP contribution is 2.36. The highest BCUT2D eigenvalue weighted by atomic mass is 35.5. The fourth-order valence-electron chi connectivity index (χ4n) is 2.94. The number of ether oxygens (including phenoxy) is 2. The molecule has 0 bridgehead atoms. The SMILES string of the molecule is CCOc1cc2c(cc1/C=C(\C#N)C(=O)Nc1cccc(Cl)c1Cl)O[C@@H](C)C2. The molecule has 1 aliphatic rings. The molecule has 28 heavy (non-hydrogen) atoms. The Kier molecular flexibility index (Phi) is 6.13. The Balaban J connectivity index is 1.94. The van der Waals surface area contributed by atoms with Gasteiger partial charge in [-0.15, -0.1) is 0 Å². The number of rotatable bonds is 5. The van der Waals surface area contributed by atoms with E-state index in [4.69, 9.17) is 32.7 Å². The van der Waals surface area contributed by atoms with Crippen LogP contribution < -0.4 is 14.8 Å². The number of nitrogens with one attached hydrogen (secondary N) is 1. The van der Waals surface area contributed by atoms with Crippen molar-refractivity contribution in [3.8, 4) is 17.6 Å². The monoisotopic (exact) mass is 416 g/mol. The molecule has 1 N–H and O–H groups in total. The summed E-state index contributed by atoms with van der Waals surface area (Å²) in [5.41, 5.74) is 1.87. The van der Waals surface area contributed by atoms with Crippen LogP contribution in [-0.2, 0) is 11.2 Å². The molecule has 0 saturated carbocycles. The third kappa shape index (κ3) is 4.24. The summed E-state index contributed by atoms with van der Waals surface area (Å²) in [6.45, 7) is 4.32. The van der Waals surface area contributed by atoms with Gasteiger partial charge in [0.1, 0.15) is 29.2 Å². The van der Waals surface area contributed by atoms with Crippen LogP contribution in [0.2, 0.25) is 10.0 Å². The van der Waals surface area contributed by atoms with E-state index in [0.717, 1.165) is 17.7 Å². The fraction of sp³-hybridized carbons (Fsp3) is 0.238. The minimum atomic E-state index is -0.594. The highest BCUT2D eigenvalue weighted by molar-refractivity contribution is 6.44. The molecule has 0 aliphatic carbocycles. The Labute approximate surface area is 173 Å². The van der Waals surface area contributed by atoms with Gasteiger partial charge in [0.2, 0.25) is 0 Å². The Hall–Kier alpha value is -2.68. The fourth-order valence-corrected chi connectivity index (χ4v) is 3.29. The van der Waals surface area contributed by atoms with Crippen molar-refractivity contribution in [1.29, 1.82) is 5.26 Å². The largest absolute Gasteiger partial charge is 0.493 e. The number of nitrogens with zero attached hydrogens (tertiary/aromatic N) is 1. The van der Waals surface area contributed by atoms with Crippen LogP contribution in [0.25, 0.3) is 6.08 Å². The smallest absolute Gasteiger partial charge is 0.266 e. The average Bonchev–Trinajstić information content (AvgIpc) is 3.02. The summed E-state index contributed by atoms with van der Waals surface area (Å²) in [7, 11) is 0. The van der Waals surface area contributed by atoms with E-state index in [0.29, 0.717) is 28.6 Å². The van der Waals surface area contributed by atoms with Gasteiger partial charge in [-0.05, 0) is 44.2 Å². The van der Waals surface area contributed by atoms with Gasteiger partial charge < -0.3 is 14.8 Å². The molecule has 3 rings (SSSR count). The van der Waals surface area contributed by atoms with E-state index in [1.807, 2.05) is 26.0 Å². The number of hydrogen-bond donors (Lipinski definition) is 1. The van der Waals surface area contributed by atoms with Crippen LogP contribution in [0.5, 0.6) is 11.5 Å². The lowest BCUT2D eigenvalue weighted by Gasteiger charge is -2.11. The van der Waals surface area contributed by atoms with Gasteiger partial charge in [0.05, 0.1) is 22.3 Å². The molecule has 7 heteroatoms. The molecule has 5 nitrogen and oxygen atoms in total. The topological polar surface area (TPSA) is 71.3 Å². The normalized spacial score (nSPS) is 15.4. The summed E-state index contributed by atoms with van der Waals surface area (Å²) in [6, 6.07) is 10.5. The number of carbonyl (C=O) groups excluding carboxylic acids is 1. The molecule has 0 aromatic heterocycles. The molecule has 0 unspecified atom stereocenters. The predicted octanol–water partition coefficient (Wildman–Crippen LogP) is 5.26. The second kappa shape index (κ2) is 8.55. The molecular weight excluding hydrogens is 399 g/mol. The maximum atomic E-state index is 12.6. The summed E-state index contributed by atoms with van der Waals surface area (Å²) >= 11 is 12.1. The molecule has 2 aromatic rings. The van der Waals surface area contributed by atoms with E-state index in [9.17, 15) is 10.1 Å². The number of carbonyl (C=O) groups is 1. The molecule has 1 heterocycles. The number of fused-ring (bicyclic) bond motifs is 1. The van der Waals surface area contributed by atoms with Gasteiger partial charge in [0.25, 0.3) is 5.91 Å². The van der Waals surface area contributed by atoms with Gasteiger partial charge in [-0.25, -0.2) is 0 Å². The van der Waals surface area contributed by atoms with E-state index in [2.05, 4.69) is 5.32 Å². The van der Waals surface area contributed by atoms with Crippen molar-refractivity contribution in [3.05, 3.63) is 57.1 Å². The Morgan fingerprint density at radius 2 is 2.21 bits per heavy atom. The molecule has 0 saturated heterocycles. The summed E-state index contributed by atoms with van der Waals surface area (Å²) in [5.74, 6) is 0.738. The third-order valence-corrected chi connectivity index (χ3v) is 5.01. The Morgan fingerprint density at radius 3 is 2.93 bits per heavy atom. The zero-order valence-electron chi connectivity index (χ0n) is 15.4. The van der Waals surface area contributed by atoms with Crippen LogP contribution in [0.1, 0.15) is 25.0 Å². The molecule has 1 aliphatic heterocycles. The van der Waals surface area contributed by atoms with E-state index in [1.54, 1.807) is 24.3 Å². The van der Waals surface area contributed by atoms with E-state index in [-0.39, 0.29) is 16.7 Å². The van der Waals surface area contributed by atoms with Gasteiger partial charge in [0.15, 0.2) is 0 Å². The number of amides is 1. The first-order chi connectivity index (χ1) is 13.4. The summed E-state index contributed by atoms with van der Waals surface area (Å²) in [6.07, 6.45) is 2.34. The standard InChI is InChI=1S/C21H18Cl2N2O3/c1-3-27-18-9-13-7-12(2)28-19(13)10-14(18)8-15(11-24)21(26)25-17-6-4-5-16(22)20(17)23/h4-6,8-10,12H,3,7H2,1-2H3,(H,25,26)/b15-8+/t12-/m0/s1.